The number of hydrogen-bond donors (Lipinski definition) is 1. The lowest BCUT2D eigenvalue weighted by Gasteiger charge is -2.31. The molecule has 1 saturated heterocycles. The van der Waals surface area contributed by atoms with Crippen LogP contribution in [0.4, 0.5) is 0 Å². The lowest BCUT2D eigenvalue weighted by Crippen LogP contribution is -2.39. The number of nitrogens with one attached hydrogen (secondary N) is 1. The van der Waals surface area contributed by atoms with Crippen LogP contribution in [0.2, 0.25) is 0 Å². The second-order valence-corrected chi connectivity index (χ2v) is 5.67. The molecule has 1 heterocycles. The van der Waals surface area contributed by atoms with Gasteiger partial charge < -0.3 is 10.2 Å². The van der Waals surface area contributed by atoms with Crippen molar-refractivity contribution in [3.8, 4) is 0 Å². The number of rotatable bonds is 5. The van der Waals surface area contributed by atoms with E-state index < -0.39 is 0 Å². The van der Waals surface area contributed by atoms with Crippen molar-refractivity contribution in [2.24, 2.45) is 5.92 Å². The van der Waals surface area contributed by atoms with Crippen molar-refractivity contribution in [3.63, 3.8) is 0 Å². The fraction of sp³-hybridized carbons (Fsp3) is 1.00. The second-order valence-electron chi connectivity index (χ2n) is 5.67. The summed E-state index contributed by atoms with van der Waals surface area (Å²) in [5, 5.41) is 3.48. The predicted octanol–water partition coefficient (Wildman–Crippen LogP) is 2.89. The molecule has 0 aromatic heterocycles. The molecule has 1 rings (SSSR count). The summed E-state index contributed by atoms with van der Waals surface area (Å²) < 4.78 is 0. The van der Waals surface area contributed by atoms with E-state index in [0.717, 1.165) is 12.0 Å². The summed E-state index contributed by atoms with van der Waals surface area (Å²) in [7, 11) is 0. The molecule has 0 aliphatic carbocycles. The molecular weight excluding hydrogens is 196 g/mol. The molecule has 1 aliphatic rings. The summed E-state index contributed by atoms with van der Waals surface area (Å²) in [6, 6.07) is 0.789. The maximum Gasteiger partial charge on any atom is 0.00669 e. The Morgan fingerprint density at radius 3 is 2.19 bits per heavy atom. The van der Waals surface area contributed by atoms with E-state index in [4.69, 9.17) is 0 Å². The Hall–Kier alpha value is -0.0800. The average molecular weight is 226 g/mol. The molecule has 0 saturated carbocycles. The third-order valence-electron chi connectivity index (χ3n) is 3.62. The molecule has 1 aliphatic heterocycles. The highest BCUT2D eigenvalue weighted by Gasteiger charge is 2.14. The van der Waals surface area contributed by atoms with E-state index in [1.807, 2.05) is 0 Å². The molecule has 0 amide bonds. The summed E-state index contributed by atoms with van der Waals surface area (Å²) in [5.74, 6) is 0.865. The minimum atomic E-state index is 0.789. The standard InChI is InChI=1S/C14H30N2/c1-13(2)7-4-8-14(3)16-11-5-9-15-10-6-12-16/h13-15H,4-12H2,1-3H3. The van der Waals surface area contributed by atoms with Crippen LogP contribution in [0.5, 0.6) is 0 Å². The highest BCUT2D eigenvalue weighted by molar-refractivity contribution is 4.71. The van der Waals surface area contributed by atoms with E-state index in [1.165, 1.54) is 58.3 Å². The van der Waals surface area contributed by atoms with Crippen molar-refractivity contribution in [1.29, 1.82) is 0 Å². The van der Waals surface area contributed by atoms with Gasteiger partial charge in [-0.15, -0.1) is 0 Å². The van der Waals surface area contributed by atoms with Crippen molar-refractivity contribution in [2.45, 2.75) is 58.9 Å². The third kappa shape index (κ3) is 5.86. The van der Waals surface area contributed by atoms with Crippen LogP contribution in [0, 0.1) is 5.92 Å². The predicted molar refractivity (Wildman–Crippen MR) is 71.8 cm³/mol. The van der Waals surface area contributed by atoms with Crippen molar-refractivity contribution in [1.82, 2.24) is 10.2 Å². The van der Waals surface area contributed by atoms with Gasteiger partial charge in [-0.25, -0.2) is 0 Å². The number of hydrogen-bond acceptors (Lipinski definition) is 2. The van der Waals surface area contributed by atoms with Gasteiger partial charge in [-0.3, -0.25) is 0 Å². The Kier molecular flexibility index (Phi) is 7.06. The average Bonchev–Trinajstić information content (AvgIpc) is 2.15. The van der Waals surface area contributed by atoms with Gasteiger partial charge in [0.1, 0.15) is 0 Å². The van der Waals surface area contributed by atoms with Crippen LogP contribution < -0.4 is 5.32 Å². The Morgan fingerprint density at radius 1 is 1.00 bits per heavy atom. The summed E-state index contributed by atoms with van der Waals surface area (Å²) in [6.07, 6.45) is 6.79. The van der Waals surface area contributed by atoms with Gasteiger partial charge in [-0.05, 0) is 58.3 Å². The Balaban J connectivity index is 2.19. The number of nitrogens with zero attached hydrogens (tertiary/aromatic N) is 1. The monoisotopic (exact) mass is 226 g/mol. The molecule has 1 fully saturated rings. The highest BCUT2D eigenvalue weighted by atomic mass is 15.2. The van der Waals surface area contributed by atoms with Gasteiger partial charge in [0.15, 0.2) is 0 Å². The molecule has 0 aromatic rings. The normalized spacial score (nSPS) is 21.8. The molecule has 96 valence electrons. The fourth-order valence-electron chi connectivity index (χ4n) is 2.50. The third-order valence-corrected chi connectivity index (χ3v) is 3.62. The summed E-state index contributed by atoms with van der Waals surface area (Å²) in [5.41, 5.74) is 0. The van der Waals surface area contributed by atoms with Crippen LogP contribution in [0.1, 0.15) is 52.9 Å². The zero-order chi connectivity index (χ0) is 11.8. The molecule has 2 nitrogen and oxygen atoms in total. The van der Waals surface area contributed by atoms with Gasteiger partial charge in [0.25, 0.3) is 0 Å². The van der Waals surface area contributed by atoms with Crippen molar-refractivity contribution in [2.75, 3.05) is 26.2 Å². The molecular formula is C14H30N2. The summed E-state index contributed by atoms with van der Waals surface area (Å²) in [6.45, 7) is 12.0. The van der Waals surface area contributed by atoms with Crippen LogP contribution in [-0.4, -0.2) is 37.1 Å². The van der Waals surface area contributed by atoms with E-state index in [9.17, 15) is 0 Å². The van der Waals surface area contributed by atoms with E-state index in [2.05, 4.69) is 31.0 Å². The zero-order valence-electron chi connectivity index (χ0n) is 11.5. The molecule has 1 atom stereocenters. The topological polar surface area (TPSA) is 15.3 Å². The van der Waals surface area contributed by atoms with Crippen molar-refractivity contribution < 1.29 is 0 Å². The first kappa shape index (κ1) is 14.0. The Labute approximate surface area is 102 Å². The Morgan fingerprint density at radius 2 is 1.62 bits per heavy atom. The van der Waals surface area contributed by atoms with Crippen molar-refractivity contribution in [3.05, 3.63) is 0 Å². The fourth-order valence-corrected chi connectivity index (χ4v) is 2.50. The highest BCUT2D eigenvalue weighted by Crippen LogP contribution is 2.13. The molecule has 1 N–H and O–H groups in total. The SMILES string of the molecule is CC(C)CCCC(C)N1CCCNCCC1. The first-order valence-corrected chi connectivity index (χ1v) is 7.15. The van der Waals surface area contributed by atoms with E-state index >= 15 is 0 Å². The van der Waals surface area contributed by atoms with Gasteiger partial charge in [0.05, 0.1) is 0 Å². The molecule has 2 heteroatoms. The van der Waals surface area contributed by atoms with Crippen LogP contribution in [0.15, 0.2) is 0 Å². The molecule has 0 bridgehead atoms. The van der Waals surface area contributed by atoms with Gasteiger partial charge in [-0.1, -0.05) is 26.7 Å². The first-order valence-electron chi connectivity index (χ1n) is 7.15. The molecule has 0 aromatic carbocycles. The first-order chi connectivity index (χ1) is 7.70. The second kappa shape index (κ2) is 8.08. The van der Waals surface area contributed by atoms with Crippen LogP contribution in [-0.2, 0) is 0 Å². The molecule has 0 spiro atoms. The molecule has 1 unspecified atom stereocenters. The lowest BCUT2D eigenvalue weighted by molar-refractivity contribution is 0.182. The zero-order valence-corrected chi connectivity index (χ0v) is 11.5. The van der Waals surface area contributed by atoms with Gasteiger partial charge >= 0.3 is 0 Å². The minimum Gasteiger partial charge on any atom is -0.317 e. The van der Waals surface area contributed by atoms with Crippen LogP contribution in [0.3, 0.4) is 0 Å². The minimum absolute atomic E-state index is 0.789. The van der Waals surface area contributed by atoms with Crippen molar-refractivity contribution >= 4 is 0 Å². The van der Waals surface area contributed by atoms with E-state index in [1.54, 1.807) is 0 Å². The molecule has 0 radical (unpaired) electrons. The summed E-state index contributed by atoms with van der Waals surface area (Å²) >= 11 is 0. The van der Waals surface area contributed by atoms with Gasteiger partial charge in [0.2, 0.25) is 0 Å². The Bertz CT molecular complexity index is 160. The van der Waals surface area contributed by atoms with Crippen LogP contribution >= 0.6 is 0 Å². The maximum atomic E-state index is 3.48. The van der Waals surface area contributed by atoms with Gasteiger partial charge in [0, 0.05) is 6.04 Å². The summed E-state index contributed by atoms with van der Waals surface area (Å²) in [4.78, 5) is 2.70. The maximum absolute atomic E-state index is 3.48. The largest absolute Gasteiger partial charge is 0.317 e. The molecule has 16 heavy (non-hydrogen) atoms. The van der Waals surface area contributed by atoms with E-state index in [-0.39, 0.29) is 0 Å². The van der Waals surface area contributed by atoms with Crippen LogP contribution in [0.25, 0.3) is 0 Å². The quantitative estimate of drug-likeness (QED) is 0.775. The smallest absolute Gasteiger partial charge is 0.00669 e. The van der Waals surface area contributed by atoms with E-state index in [0.29, 0.717) is 0 Å². The lowest BCUT2D eigenvalue weighted by atomic mass is 10.0. The van der Waals surface area contributed by atoms with Gasteiger partial charge in [-0.2, -0.15) is 0 Å².